The summed E-state index contributed by atoms with van der Waals surface area (Å²) in [4.78, 5) is 4.15. The molecule has 0 saturated carbocycles. The van der Waals surface area contributed by atoms with Gasteiger partial charge in [-0.3, -0.25) is 0 Å². The molecule has 0 spiro atoms. The maximum absolute atomic E-state index is 5.72. The summed E-state index contributed by atoms with van der Waals surface area (Å²) >= 11 is 0. The van der Waals surface area contributed by atoms with Crippen molar-refractivity contribution in [1.29, 1.82) is 0 Å². The number of rotatable bonds is 6. The molecule has 1 aromatic heterocycles. The standard InChI is InChI=1S/C14H22N2O2/c1-17-14-13(5-3-8-16-14)11-18-9-6-12-4-2-7-15-10-12/h3,5,8,12,15H,2,4,6-7,9-11H2,1H3. The molecule has 1 aliphatic rings. The molecule has 1 unspecified atom stereocenters. The van der Waals surface area contributed by atoms with E-state index in [1.807, 2.05) is 12.1 Å². The number of hydrogen-bond donors (Lipinski definition) is 1. The molecule has 0 aliphatic carbocycles. The van der Waals surface area contributed by atoms with Crippen molar-refractivity contribution in [3.63, 3.8) is 0 Å². The fraction of sp³-hybridized carbons (Fsp3) is 0.643. The average molecular weight is 250 g/mol. The van der Waals surface area contributed by atoms with Crippen LogP contribution in [0.15, 0.2) is 18.3 Å². The maximum Gasteiger partial charge on any atom is 0.218 e. The van der Waals surface area contributed by atoms with Crippen LogP contribution < -0.4 is 10.1 Å². The Morgan fingerprint density at radius 1 is 1.50 bits per heavy atom. The van der Waals surface area contributed by atoms with Crippen LogP contribution >= 0.6 is 0 Å². The smallest absolute Gasteiger partial charge is 0.218 e. The predicted octanol–water partition coefficient (Wildman–Crippen LogP) is 2.00. The van der Waals surface area contributed by atoms with Crippen molar-refractivity contribution in [1.82, 2.24) is 10.3 Å². The van der Waals surface area contributed by atoms with Crippen molar-refractivity contribution >= 4 is 0 Å². The summed E-state index contributed by atoms with van der Waals surface area (Å²) in [5.41, 5.74) is 1.02. The number of methoxy groups -OCH3 is 1. The van der Waals surface area contributed by atoms with E-state index >= 15 is 0 Å². The van der Waals surface area contributed by atoms with Gasteiger partial charge in [0.2, 0.25) is 5.88 Å². The fourth-order valence-electron chi connectivity index (χ4n) is 2.32. The maximum atomic E-state index is 5.72. The largest absolute Gasteiger partial charge is 0.481 e. The van der Waals surface area contributed by atoms with Crippen LogP contribution in [0.2, 0.25) is 0 Å². The molecule has 1 aliphatic heterocycles. The van der Waals surface area contributed by atoms with Gasteiger partial charge >= 0.3 is 0 Å². The number of aromatic nitrogens is 1. The quantitative estimate of drug-likeness (QED) is 0.784. The van der Waals surface area contributed by atoms with E-state index < -0.39 is 0 Å². The Bertz CT molecular complexity index is 351. The molecule has 1 saturated heterocycles. The van der Waals surface area contributed by atoms with E-state index in [4.69, 9.17) is 9.47 Å². The van der Waals surface area contributed by atoms with Gasteiger partial charge in [-0.15, -0.1) is 0 Å². The topological polar surface area (TPSA) is 43.4 Å². The Morgan fingerprint density at radius 2 is 2.44 bits per heavy atom. The van der Waals surface area contributed by atoms with Gasteiger partial charge in [0, 0.05) is 18.4 Å². The number of nitrogens with zero attached hydrogens (tertiary/aromatic N) is 1. The molecular formula is C14H22N2O2. The highest BCUT2D eigenvalue weighted by molar-refractivity contribution is 5.24. The van der Waals surface area contributed by atoms with E-state index in [-0.39, 0.29) is 0 Å². The number of hydrogen-bond acceptors (Lipinski definition) is 4. The molecule has 1 atom stereocenters. The van der Waals surface area contributed by atoms with Crippen molar-refractivity contribution in [2.24, 2.45) is 5.92 Å². The van der Waals surface area contributed by atoms with Crippen molar-refractivity contribution in [2.75, 3.05) is 26.8 Å². The van der Waals surface area contributed by atoms with Gasteiger partial charge in [0.1, 0.15) is 0 Å². The third-order valence-electron chi connectivity index (χ3n) is 3.37. The fourth-order valence-corrected chi connectivity index (χ4v) is 2.32. The normalized spacial score (nSPS) is 19.7. The minimum absolute atomic E-state index is 0.581. The number of piperidine rings is 1. The lowest BCUT2D eigenvalue weighted by molar-refractivity contribution is 0.101. The minimum atomic E-state index is 0.581. The molecule has 0 aromatic carbocycles. The molecule has 0 radical (unpaired) electrons. The summed E-state index contributed by atoms with van der Waals surface area (Å²) < 4.78 is 10.9. The van der Waals surface area contributed by atoms with Gasteiger partial charge in [0.25, 0.3) is 0 Å². The molecule has 1 aromatic rings. The van der Waals surface area contributed by atoms with Crippen LogP contribution in [0, 0.1) is 5.92 Å². The van der Waals surface area contributed by atoms with E-state index in [1.54, 1.807) is 13.3 Å². The van der Waals surface area contributed by atoms with Crippen LogP contribution in [0.25, 0.3) is 0 Å². The monoisotopic (exact) mass is 250 g/mol. The highest BCUT2D eigenvalue weighted by Gasteiger charge is 2.12. The van der Waals surface area contributed by atoms with E-state index in [0.29, 0.717) is 12.5 Å². The van der Waals surface area contributed by atoms with Crippen molar-refractivity contribution in [3.05, 3.63) is 23.9 Å². The van der Waals surface area contributed by atoms with Gasteiger partial charge in [-0.2, -0.15) is 0 Å². The third kappa shape index (κ3) is 3.96. The molecule has 2 rings (SSSR count). The zero-order valence-corrected chi connectivity index (χ0v) is 11.0. The first-order valence-electron chi connectivity index (χ1n) is 6.66. The number of pyridine rings is 1. The lowest BCUT2D eigenvalue weighted by Crippen LogP contribution is -2.30. The van der Waals surface area contributed by atoms with E-state index in [9.17, 15) is 0 Å². The number of nitrogens with one attached hydrogen (secondary N) is 1. The molecule has 4 nitrogen and oxygen atoms in total. The minimum Gasteiger partial charge on any atom is -0.481 e. The summed E-state index contributed by atoms with van der Waals surface area (Å²) in [7, 11) is 1.64. The summed E-state index contributed by atoms with van der Waals surface area (Å²) in [5.74, 6) is 1.44. The second-order valence-electron chi connectivity index (χ2n) is 4.73. The first-order chi connectivity index (χ1) is 8.90. The Morgan fingerprint density at radius 3 is 3.22 bits per heavy atom. The van der Waals surface area contributed by atoms with Crippen LogP contribution in [-0.4, -0.2) is 31.8 Å². The molecular weight excluding hydrogens is 228 g/mol. The van der Waals surface area contributed by atoms with Crippen molar-refractivity contribution in [3.8, 4) is 5.88 Å². The first kappa shape index (κ1) is 13.3. The van der Waals surface area contributed by atoms with Crippen LogP contribution in [0.4, 0.5) is 0 Å². The highest BCUT2D eigenvalue weighted by Crippen LogP contribution is 2.17. The van der Waals surface area contributed by atoms with Crippen LogP contribution in [0.1, 0.15) is 24.8 Å². The lowest BCUT2D eigenvalue weighted by Gasteiger charge is -2.22. The number of ether oxygens (including phenoxy) is 2. The highest BCUT2D eigenvalue weighted by atomic mass is 16.5. The summed E-state index contributed by atoms with van der Waals surface area (Å²) in [5, 5.41) is 3.43. The summed E-state index contributed by atoms with van der Waals surface area (Å²) in [6, 6.07) is 3.90. The molecule has 0 bridgehead atoms. The van der Waals surface area contributed by atoms with Gasteiger partial charge in [0.05, 0.1) is 13.7 Å². The van der Waals surface area contributed by atoms with Crippen LogP contribution in [0.5, 0.6) is 5.88 Å². The SMILES string of the molecule is COc1ncccc1COCCC1CCCNC1. The zero-order chi connectivity index (χ0) is 12.6. The van der Waals surface area contributed by atoms with Gasteiger partial charge in [-0.1, -0.05) is 0 Å². The van der Waals surface area contributed by atoms with Gasteiger partial charge in [-0.25, -0.2) is 4.98 Å². The predicted molar refractivity (Wildman–Crippen MR) is 70.7 cm³/mol. The third-order valence-corrected chi connectivity index (χ3v) is 3.37. The summed E-state index contributed by atoms with van der Waals surface area (Å²) in [6.07, 6.45) is 5.49. The summed E-state index contributed by atoms with van der Waals surface area (Å²) in [6.45, 7) is 3.70. The van der Waals surface area contributed by atoms with Gasteiger partial charge in [0.15, 0.2) is 0 Å². The zero-order valence-electron chi connectivity index (χ0n) is 11.0. The van der Waals surface area contributed by atoms with Gasteiger partial charge in [-0.05, 0) is 50.4 Å². The van der Waals surface area contributed by atoms with E-state index in [2.05, 4.69) is 10.3 Å². The lowest BCUT2D eigenvalue weighted by atomic mass is 9.97. The molecule has 2 heterocycles. The van der Waals surface area contributed by atoms with Crippen LogP contribution in [0.3, 0.4) is 0 Å². The molecule has 18 heavy (non-hydrogen) atoms. The van der Waals surface area contributed by atoms with Gasteiger partial charge < -0.3 is 14.8 Å². The molecule has 100 valence electrons. The molecule has 0 amide bonds. The second-order valence-corrected chi connectivity index (χ2v) is 4.73. The molecule has 4 heteroatoms. The average Bonchev–Trinajstić information content (AvgIpc) is 2.45. The molecule has 1 fully saturated rings. The van der Waals surface area contributed by atoms with Crippen molar-refractivity contribution < 1.29 is 9.47 Å². The Labute approximate surface area is 109 Å². The van der Waals surface area contributed by atoms with Crippen molar-refractivity contribution in [2.45, 2.75) is 25.9 Å². The second kappa shape index (κ2) is 7.34. The van der Waals surface area contributed by atoms with E-state index in [1.165, 1.54) is 19.4 Å². The Kier molecular flexibility index (Phi) is 5.42. The Balaban J connectivity index is 1.68. The van der Waals surface area contributed by atoms with E-state index in [0.717, 1.165) is 31.1 Å². The van der Waals surface area contributed by atoms with Crippen LogP contribution in [-0.2, 0) is 11.3 Å². The first-order valence-corrected chi connectivity index (χ1v) is 6.66. The Hall–Kier alpha value is -1.13. The molecule has 1 N–H and O–H groups in total.